The number of sulfonamides is 1. The number of nitrogens with two attached hydrogens (primary N) is 1. The summed E-state index contributed by atoms with van der Waals surface area (Å²) in [5.41, 5.74) is 5.70. The van der Waals surface area contributed by atoms with E-state index in [1.165, 1.54) is 10.4 Å². The third-order valence-corrected chi connectivity index (χ3v) is 4.67. The first-order valence-corrected chi connectivity index (χ1v) is 6.75. The number of aromatic nitrogens is 1. The van der Waals surface area contributed by atoms with Crippen molar-refractivity contribution in [1.82, 2.24) is 9.29 Å². The van der Waals surface area contributed by atoms with Crippen LogP contribution < -0.4 is 5.73 Å². The van der Waals surface area contributed by atoms with E-state index in [0.717, 1.165) is 12.3 Å². The smallest absolute Gasteiger partial charge is 0.358 e. The molecule has 9 heteroatoms. The maximum Gasteiger partial charge on any atom is 0.363 e. The maximum atomic E-state index is 12.2. The molecule has 2 heterocycles. The molecule has 0 spiro atoms. The lowest BCUT2D eigenvalue weighted by molar-refractivity contribution is -0.389. The van der Waals surface area contributed by atoms with Crippen LogP contribution in [0.25, 0.3) is 0 Å². The van der Waals surface area contributed by atoms with E-state index < -0.39 is 21.1 Å². The predicted octanol–water partition coefficient (Wildman–Crippen LogP) is 0.0591. The Morgan fingerprint density at radius 3 is 2.67 bits per heavy atom. The SMILES string of the molecule is NC1CCCN1S(=O)(=O)c1ccc([N+](=O)[O-])nc1. The van der Waals surface area contributed by atoms with Gasteiger partial charge in [-0.25, -0.2) is 8.42 Å². The Morgan fingerprint density at radius 1 is 1.50 bits per heavy atom. The van der Waals surface area contributed by atoms with Crippen molar-refractivity contribution in [3.63, 3.8) is 0 Å². The van der Waals surface area contributed by atoms with Gasteiger partial charge in [-0.05, 0) is 28.8 Å². The normalized spacial score (nSPS) is 21.1. The number of nitro groups is 1. The minimum atomic E-state index is -3.71. The molecule has 0 aliphatic carbocycles. The van der Waals surface area contributed by atoms with Crippen LogP contribution in [0.2, 0.25) is 0 Å². The van der Waals surface area contributed by atoms with Crippen molar-refractivity contribution in [2.24, 2.45) is 5.73 Å². The predicted molar refractivity (Wildman–Crippen MR) is 62.0 cm³/mol. The highest BCUT2D eigenvalue weighted by atomic mass is 32.2. The van der Waals surface area contributed by atoms with Gasteiger partial charge in [-0.3, -0.25) is 0 Å². The highest BCUT2D eigenvalue weighted by molar-refractivity contribution is 7.89. The summed E-state index contributed by atoms with van der Waals surface area (Å²) in [5, 5.41) is 10.4. The van der Waals surface area contributed by atoms with Crippen LogP contribution in [0.15, 0.2) is 23.2 Å². The molecule has 8 nitrogen and oxygen atoms in total. The van der Waals surface area contributed by atoms with Crippen molar-refractivity contribution in [2.75, 3.05) is 6.54 Å². The molecule has 1 aliphatic rings. The lowest BCUT2D eigenvalue weighted by Crippen LogP contribution is -2.40. The van der Waals surface area contributed by atoms with Gasteiger partial charge in [0.05, 0.1) is 6.17 Å². The lowest BCUT2D eigenvalue weighted by Gasteiger charge is -2.19. The van der Waals surface area contributed by atoms with Crippen LogP contribution in [0.1, 0.15) is 12.8 Å². The summed E-state index contributed by atoms with van der Waals surface area (Å²) in [6.07, 6.45) is 1.77. The van der Waals surface area contributed by atoms with Gasteiger partial charge in [-0.15, -0.1) is 0 Å². The Morgan fingerprint density at radius 2 is 2.22 bits per heavy atom. The number of rotatable bonds is 3. The van der Waals surface area contributed by atoms with Gasteiger partial charge in [-0.1, -0.05) is 0 Å². The molecule has 0 radical (unpaired) electrons. The number of hydrogen-bond acceptors (Lipinski definition) is 6. The summed E-state index contributed by atoms with van der Waals surface area (Å²) in [5.74, 6) is -0.389. The third-order valence-electron chi connectivity index (χ3n) is 2.76. The van der Waals surface area contributed by atoms with E-state index in [1.807, 2.05) is 0 Å². The lowest BCUT2D eigenvalue weighted by atomic mass is 10.3. The second kappa shape index (κ2) is 4.59. The number of nitrogens with zero attached hydrogens (tertiary/aromatic N) is 3. The van der Waals surface area contributed by atoms with Gasteiger partial charge in [0.25, 0.3) is 0 Å². The van der Waals surface area contributed by atoms with Gasteiger partial charge >= 0.3 is 5.82 Å². The average Bonchev–Trinajstić information content (AvgIpc) is 2.76. The summed E-state index contributed by atoms with van der Waals surface area (Å²) in [6.45, 7) is 0.362. The van der Waals surface area contributed by atoms with Crippen LogP contribution >= 0.6 is 0 Å². The molecule has 0 saturated carbocycles. The molecular formula is C9H12N4O4S. The quantitative estimate of drug-likeness (QED) is 0.613. The summed E-state index contributed by atoms with van der Waals surface area (Å²) >= 11 is 0. The summed E-state index contributed by atoms with van der Waals surface area (Å²) in [4.78, 5) is 13.2. The zero-order valence-electron chi connectivity index (χ0n) is 9.39. The molecule has 18 heavy (non-hydrogen) atoms. The highest BCUT2D eigenvalue weighted by Crippen LogP contribution is 2.23. The van der Waals surface area contributed by atoms with Crippen LogP contribution in [0.4, 0.5) is 5.82 Å². The minimum absolute atomic E-state index is 0.0783. The third kappa shape index (κ3) is 2.19. The van der Waals surface area contributed by atoms with Crippen LogP contribution in [-0.4, -0.2) is 35.3 Å². The van der Waals surface area contributed by atoms with Gasteiger partial charge in [-0.2, -0.15) is 4.31 Å². The Bertz CT molecular complexity index is 556. The second-order valence-corrected chi connectivity index (χ2v) is 5.83. The monoisotopic (exact) mass is 272 g/mol. The van der Waals surface area contributed by atoms with Gasteiger partial charge in [0.2, 0.25) is 10.0 Å². The fourth-order valence-corrected chi connectivity index (χ4v) is 3.36. The van der Waals surface area contributed by atoms with Crippen LogP contribution in [0.5, 0.6) is 0 Å². The highest BCUT2D eigenvalue weighted by Gasteiger charge is 2.34. The second-order valence-electron chi connectivity index (χ2n) is 3.93. The van der Waals surface area contributed by atoms with Crippen molar-refractivity contribution in [2.45, 2.75) is 23.9 Å². The summed E-state index contributed by atoms with van der Waals surface area (Å²) < 4.78 is 25.5. The Balaban J connectivity index is 2.33. The molecule has 98 valence electrons. The van der Waals surface area contributed by atoms with E-state index in [9.17, 15) is 18.5 Å². The van der Waals surface area contributed by atoms with Crippen LogP contribution in [0, 0.1) is 10.1 Å². The van der Waals surface area contributed by atoms with E-state index in [0.29, 0.717) is 19.4 Å². The van der Waals surface area contributed by atoms with Crippen LogP contribution in [-0.2, 0) is 10.0 Å². The molecule has 1 unspecified atom stereocenters. The van der Waals surface area contributed by atoms with E-state index in [4.69, 9.17) is 5.73 Å². The van der Waals surface area contributed by atoms with Gasteiger partial charge in [0.1, 0.15) is 4.90 Å². The molecule has 1 aliphatic heterocycles. The van der Waals surface area contributed by atoms with Crippen molar-refractivity contribution in [3.05, 3.63) is 28.4 Å². The van der Waals surface area contributed by atoms with Crippen molar-refractivity contribution >= 4 is 15.8 Å². The molecule has 1 atom stereocenters. The van der Waals surface area contributed by atoms with E-state index in [1.54, 1.807) is 0 Å². The van der Waals surface area contributed by atoms with Gasteiger partial charge in [0.15, 0.2) is 6.20 Å². The van der Waals surface area contributed by atoms with Gasteiger partial charge in [0, 0.05) is 12.6 Å². The summed E-state index contributed by atoms with van der Waals surface area (Å²) in [7, 11) is -3.71. The first-order valence-electron chi connectivity index (χ1n) is 5.31. The van der Waals surface area contributed by atoms with Crippen molar-refractivity contribution in [1.29, 1.82) is 0 Å². The molecule has 1 saturated heterocycles. The molecule has 0 aromatic carbocycles. The Labute approximate surface area is 104 Å². The van der Waals surface area contributed by atoms with E-state index in [-0.39, 0.29) is 10.7 Å². The van der Waals surface area contributed by atoms with E-state index in [2.05, 4.69) is 4.98 Å². The first-order chi connectivity index (χ1) is 8.43. The molecule has 1 aromatic heterocycles. The molecule has 2 N–H and O–H groups in total. The Hall–Kier alpha value is -1.58. The first kappa shape index (κ1) is 12.9. The average molecular weight is 272 g/mol. The molecule has 0 bridgehead atoms. The van der Waals surface area contributed by atoms with Gasteiger partial charge < -0.3 is 15.8 Å². The molecule has 0 amide bonds. The minimum Gasteiger partial charge on any atom is -0.358 e. The maximum absolute atomic E-state index is 12.2. The zero-order valence-corrected chi connectivity index (χ0v) is 10.2. The summed E-state index contributed by atoms with van der Waals surface area (Å²) in [6, 6.07) is 2.24. The fraction of sp³-hybridized carbons (Fsp3) is 0.444. The molecule has 1 aromatic rings. The van der Waals surface area contributed by atoms with Crippen LogP contribution in [0.3, 0.4) is 0 Å². The Kier molecular flexibility index (Phi) is 3.28. The molecular weight excluding hydrogens is 260 g/mol. The zero-order chi connectivity index (χ0) is 13.3. The molecule has 2 rings (SSSR count). The molecule has 1 fully saturated rings. The largest absolute Gasteiger partial charge is 0.363 e. The fourth-order valence-electron chi connectivity index (χ4n) is 1.83. The van der Waals surface area contributed by atoms with E-state index >= 15 is 0 Å². The van der Waals surface area contributed by atoms with Crippen molar-refractivity contribution in [3.8, 4) is 0 Å². The number of hydrogen-bond donors (Lipinski definition) is 1. The standard InChI is InChI=1S/C9H12N4O4S/c10-8-2-1-5-12(8)18(16,17)7-3-4-9(11-6-7)13(14)15/h3-4,6,8H,1-2,5,10H2. The number of pyridine rings is 1. The topological polar surface area (TPSA) is 119 Å². The van der Waals surface area contributed by atoms with Crippen molar-refractivity contribution < 1.29 is 13.3 Å².